The highest BCUT2D eigenvalue weighted by Crippen LogP contribution is 2.19. The van der Waals surface area contributed by atoms with Gasteiger partial charge in [0.05, 0.1) is 11.4 Å². The Morgan fingerprint density at radius 3 is 3.00 bits per heavy atom. The van der Waals surface area contributed by atoms with Crippen LogP contribution in [0.1, 0.15) is 6.92 Å². The molecule has 0 saturated carbocycles. The molecule has 3 heterocycles. The molecule has 0 aromatic carbocycles. The van der Waals surface area contributed by atoms with Gasteiger partial charge in [0.2, 0.25) is 11.1 Å². The zero-order valence-corrected chi connectivity index (χ0v) is 12.7. The Morgan fingerprint density at radius 2 is 2.23 bits per heavy atom. The van der Waals surface area contributed by atoms with Crippen molar-refractivity contribution in [2.24, 2.45) is 0 Å². The molecular formula is C14H14N6OS. The van der Waals surface area contributed by atoms with Crippen LogP contribution in [0.25, 0.3) is 16.9 Å². The van der Waals surface area contributed by atoms with Crippen LogP contribution in [0.5, 0.6) is 0 Å². The number of rotatable bonds is 5. The number of pyridine rings is 1. The first-order valence-corrected chi connectivity index (χ1v) is 7.79. The van der Waals surface area contributed by atoms with Crippen molar-refractivity contribution in [2.45, 2.75) is 12.1 Å². The van der Waals surface area contributed by atoms with Crippen molar-refractivity contribution in [3.63, 3.8) is 0 Å². The van der Waals surface area contributed by atoms with E-state index in [1.807, 2.05) is 31.2 Å². The Labute approximate surface area is 131 Å². The third-order valence-electron chi connectivity index (χ3n) is 2.90. The molecule has 0 aliphatic heterocycles. The van der Waals surface area contributed by atoms with E-state index in [0.29, 0.717) is 17.3 Å². The van der Waals surface area contributed by atoms with Gasteiger partial charge in [-0.15, -0.1) is 10.2 Å². The first kappa shape index (κ1) is 14.5. The number of carbonyl (C=O) groups is 1. The molecule has 0 bridgehead atoms. The molecule has 1 N–H and O–H groups in total. The topological polar surface area (TPSA) is 85.1 Å². The maximum atomic E-state index is 11.5. The third-order valence-corrected chi connectivity index (χ3v) is 3.82. The molecule has 0 saturated heterocycles. The van der Waals surface area contributed by atoms with Crippen LogP contribution in [0.2, 0.25) is 0 Å². The first-order valence-electron chi connectivity index (χ1n) is 6.80. The van der Waals surface area contributed by atoms with Gasteiger partial charge in [-0.25, -0.2) is 0 Å². The lowest BCUT2D eigenvalue weighted by molar-refractivity contribution is -0.118. The summed E-state index contributed by atoms with van der Waals surface area (Å²) in [5, 5.41) is 16.0. The van der Waals surface area contributed by atoms with Crippen molar-refractivity contribution < 1.29 is 4.79 Å². The normalized spacial score (nSPS) is 10.8. The van der Waals surface area contributed by atoms with Gasteiger partial charge in [0.25, 0.3) is 0 Å². The zero-order chi connectivity index (χ0) is 15.4. The van der Waals surface area contributed by atoms with E-state index in [4.69, 9.17) is 0 Å². The van der Waals surface area contributed by atoms with E-state index in [0.717, 1.165) is 11.3 Å². The van der Waals surface area contributed by atoms with Gasteiger partial charge < -0.3 is 5.32 Å². The van der Waals surface area contributed by atoms with Crippen molar-refractivity contribution >= 4 is 23.3 Å². The number of thioether (sulfide) groups is 1. The molecule has 0 atom stereocenters. The lowest BCUT2D eigenvalue weighted by Gasteiger charge is -2.03. The molecule has 3 rings (SSSR count). The summed E-state index contributed by atoms with van der Waals surface area (Å²) in [6, 6.07) is 7.52. The molecule has 0 aliphatic carbocycles. The quantitative estimate of drug-likeness (QED) is 0.717. The van der Waals surface area contributed by atoms with Crippen LogP contribution in [0.4, 0.5) is 0 Å². The maximum Gasteiger partial charge on any atom is 0.230 e. The van der Waals surface area contributed by atoms with Gasteiger partial charge in [-0.2, -0.15) is 9.61 Å². The van der Waals surface area contributed by atoms with Crippen LogP contribution >= 0.6 is 11.8 Å². The van der Waals surface area contributed by atoms with Crippen molar-refractivity contribution in [2.75, 3.05) is 12.3 Å². The molecule has 1 amide bonds. The first-order chi connectivity index (χ1) is 10.8. The molecule has 0 aliphatic rings. The number of amides is 1. The van der Waals surface area contributed by atoms with E-state index in [2.05, 4.69) is 25.6 Å². The predicted octanol–water partition coefficient (Wildman–Crippen LogP) is 1.41. The van der Waals surface area contributed by atoms with Gasteiger partial charge >= 0.3 is 0 Å². The number of carbonyl (C=O) groups excluding carboxylic acids is 1. The van der Waals surface area contributed by atoms with Gasteiger partial charge in [-0.05, 0) is 31.2 Å². The highest BCUT2D eigenvalue weighted by Gasteiger charge is 2.11. The largest absolute Gasteiger partial charge is 0.356 e. The Bertz CT molecular complexity index is 788. The highest BCUT2D eigenvalue weighted by atomic mass is 32.2. The van der Waals surface area contributed by atoms with E-state index in [9.17, 15) is 4.79 Å². The molecule has 112 valence electrons. The second-order valence-corrected chi connectivity index (χ2v) is 5.40. The molecule has 22 heavy (non-hydrogen) atoms. The van der Waals surface area contributed by atoms with Crippen molar-refractivity contribution in [3.8, 4) is 11.3 Å². The van der Waals surface area contributed by atoms with E-state index in [1.54, 1.807) is 16.9 Å². The summed E-state index contributed by atoms with van der Waals surface area (Å²) in [6.45, 7) is 2.50. The number of nitrogens with zero attached hydrogens (tertiary/aromatic N) is 5. The minimum atomic E-state index is -0.0346. The Kier molecular flexibility index (Phi) is 4.29. The average Bonchev–Trinajstić information content (AvgIpc) is 2.96. The van der Waals surface area contributed by atoms with Crippen molar-refractivity contribution in [3.05, 3.63) is 36.7 Å². The van der Waals surface area contributed by atoms with Crippen LogP contribution in [0.3, 0.4) is 0 Å². The van der Waals surface area contributed by atoms with E-state index >= 15 is 0 Å². The summed E-state index contributed by atoms with van der Waals surface area (Å²) in [5.74, 6) is 0.251. The molecule has 0 radical (unpaired) electrons. The molecule has 8 heteroatoms. The van der Waals surface area contributed by atoms with Gasteiger partial charge in [0.1, 0.15) is 0 Å². The second-order valence-electron chi connectivity index (χ2n) is 4.46. The van der Waals surface area contributed by atoms with Crippen LogP contribution in [-0.2, 0) is 4.79 Å². The summed E-state index contributed by atoms with van der Waals surface area (Å²) in [6.07, 6.45) is 3.47. The van der Waals surface area contributed by atoms with Gasteiger partial charge in [-0.3, -0.25) is 9.78 Å². The standard InChI is InChI=1S/C14H14N6OS/c1-2-16-13(21)9-22-14-18-17-12-6-5-11(19-20(12)14)10-4-3-7-15-8-10/h3-8H,2,9H2,1H3,(H,16,21). The number of aromatic nitrogens is 5. The number of fused-ring (bicyclic) bond motifs is 1. The predicted molar refractivity (Wildman–Crippen MR) is 83.4 cm³/mol. The summed E-state index contributed by atoms with van der Waals surface area (Å²) >= 11 is 1.31. The molecule has 0 spiro atoms. The second kappa shape index (κ2) is 6.52. The Morgan fingerprint density at radius 1 is 1.32 bits per heavy atom. The lowest BCUT2D eigenvalue weighted by Crippen LogP contribution is -2.24. The summed E-state index contributed by atoms with van der Waals surface area (Å²) in [4.78, 5) is 15.6. The van der Waals surface area contributed by atoms with Gasteiger partial charge in [0, 0.05) is 24.5 Å². The Balaban J connectivity index is 1.87. The summed E-state index contributed by atoms with van der Waals surface area (Å²) in [7, 11) is 0. The highest BCUT2D eigenvalue weighted by molar-refractivity contribution is 7.99. The fourth-order valence-electron chi connectivity index (χ4n) is 1.91. The van der Waals surface area contributed by atoms with Crippen LogP contribution in [0.15, 0.2) is 41.8 Å². The number of hydrogen-bond donors (Lipinski definition) is 1. The Hall–Kier alpha value is -2.48. The third kappa shape index (κ3) is 3.06. The minimum absolute atomic E-state index is 0.0346. The number of hydrogen-bond acceptors (Lipinski definition) is 6. The monoisotopic (exact) mass is 314 g/mol. The van der Waals surface area contributed by atoms with Gasteiger partial charge in [-0.1, -0.05) is 11.8 Å². The molecule has 0 unspecified atom stereocenters. The fourth-order valence-corrected chi connectivity index (χ4v) is 2.62. The molecule has 3 aromatic rings. The molecule has 7 nitrogen and oxygen atoms in total. The zero-order valence-electron chi connectivity index (χ0n) is 11.9. The van der Waals surface area contributed by atoms with Crippen LogP contribution < -0.4 is 5.32 Å². The lowest BCUT2D eigenvalue weighted by atomic mass is 10.2. The van der Waals surface area contributed by atoms with Crippen molar-refractivity contribution in [1.29, 1.82) is 0 Å². The average molecular weight is 314 g/mol. The smallest absolute Gasteiger partial charge is 0.230 e. The SMILES string of the molecule is CCNC(=O)CSc1nnc2ccc(-c3cccnc3)nn12. The van der Waals surface area contributed by atoms with Crippen LogP contribution in [0, 0.1) is 0 Å². The maximum absolute atomic E-state index is 11.5. The minimum Gasteiger partial charge on any atom is -0.356 e. The molecule has 0 fully saturated rings. The summed E-state index contributed by atoms with van der Waals surface area (Å²) in [5.41, 5.74) is 2.34. The van der Waals surface area contributed by atoms with E-state index in [1.165, 1.54) is 11.8 Å². The van der Waals surface area contributed by atoms with E-state index in [-0.39, 0.29) is 11.7 Å². The van der Waals surface area contributed by atoms with Gasteiger partial charge in [0.15, 0.2) is 5.65 Å². The van der Waals surface area contributed by atoms with Crippen molar-refractivity contribution in [1.82, 2.24) is 30.1 Å². The number of nitrogens with one attached hydrogen (secondary N) is 1. The molecule has 3 aromatic heterocycles. The molecular weight excluding hydrogens is 300 g/mol. The summed E-state index contributed by atoms with van der Waals surface area (Å²) < 4.78 is 1.65. The van der Waals surface area contributed by atoms with E-state index < -0.39 is 0 Å². The fraction of sp³-hybridized carbons (Fsp3) is 0.214. The van der Waals surface area contributed by atoms with Crippen LogP contribution in [-0.4, -0.2) is 43.0 Å².